The molecule has 0 atom stereocenters. The maximum Gasteiger partial charge on any atom is 0.119 e. The molecule has 0 fully saturated rings. The molecule has 0 saturated carbocycles. The Labute approximate surface area is 352 Å². The quantitative estimate of drug-likeness (QED) is 0.161. The molecule has 0 saturated heterocycles. The van der Waals surface area contributed by atoms with Crippen LogP contribution in [0.1, 0.15) is 64.3 Å². The highest BCUT2D eigenvalue weighted by molar-refractivity contribution is 5.99. The maximum absolute atomic E-state index is 6.19. The van der Waals surface area contributed by atoms with Crippen molar-refractivity contribution < 1.29 is 9.47 Å². The van der Waals surface area contributed by atoms with Gasteiger partial charge < -0.3 is 19.4 Å². The Morgan fingerprint density at radius 3 is 0.933 bits per heavy atom. The number of hydrogen-bond donors (Lipinski definition) is 2. The fraction of sp³-hybridized carbons (Fsp3) is 0.185. The molecule has 60 heavy (non-hydrogen) atoms. The molecule has 6 heteroatoms. The summed E-state index contributed by atoms with van der Waals surface area (Å²) >= 11 is 0. The van der Waals surface area contributed by atoms with E-state index in [9.17, 15) is 0 Å². The van der Waals surface area contributed by atoms with Gasteiger partial charge in [0.25, 0.3) is 0 Å². The highest BCUT2D eigenvalue weighted by atomic mass is 16.5. The van der Waals surface area contributed by atoms with E-state index in [2.05, 4.69) is 197 Å². The summed E-state index contributed by atoms with van der Waals surface area (Å²) in [6.45, 7) is 14.3. The van der Waals surface area contributed by atoms with Crippen molar-refractivity contribution in [2.24, 2.45) is 10.8 Å². The van der Waals surface area contributed by atoms with E-state index in [0.717, 1.165) is 101 Å². The summed E-state index contributed by atoms with van der Waals surface area (Å²) < 4.78 is 12.4. The molecule has 6 nitrogen and oxygen atoms in total. The molecule has 5 heterocycles. The van der Waals surface area contributed by atoms with Gasteiger partial charge in [-0.05, 0) is 106 Å². The van der Waals surface area contributed by atoms with Crippen LogP contribution in [0.4, 0.5) is 0 Å². The second-order valence-electron chi connectivity index (χ2n) is 18.0. The van der Waals surface area contributed by atoms with Gasteiger partial charge in [0.15, 0.2) is 0 Å². The van der Waals surface area contributed by atoms with Crippen molar-refractivity contribution in [3.8, 4) is 56.0 Å². The molecule has 2 aliphatic heterocycles. The predicted octanol–water partition coefficient (Wildman–Crippen LogP) is 14.2. The van der Waals surface area contributed by atoms with E-state index < -0.39 is 0 Å². The molecular formula is C54H50N4O2. The number of aromatic nitrogens is 4. The zero-order valence-electron chi connectivity index (χ0n) is 35.1. The monoisotopic (exact) mass is 786 g/mol. The summed E-state index contributed by atoms with van der Waals surface area (Å²) in [5.74, 6) is 1.68. The average molecular weight is 787 g/mol. The lowest BCUT2D eigenvalue weighted by molar-refractivity contribution is 0.198. The molecule has 2 aliphatic rings. The molecule has 2 N–H and O–H groups in total. The van der Waals surface area contributed by atoms with Gasteiger partial charge in [0, 0.05) is 44.3 Å². The molecule has 8 bridgehead atoms. The number of rotatable bonds is 8. The molecule has 0 unspecified atom stereocenters. The predicted molar refractivity (Wildman–Crippen MR) is 251 cm³/mol. The Morgan fingerprint density at radius 2 is 0.650 bits per heavy atom. The van der Waals surface area contributed by atoms with Crippen LogP contribution in [0.2, 0.25) is 0 Å². The van der Waals surface area contributed by atoms with Crippen LogP contribution in [0.25, 0.3) is 90.9 Å². The Morgan fingerprint density at radius 1 is 0.367 bits per heavy atom. The van der Waals surface area contributed by atoms with Crippen molar-refractivity contribution in [1.82, 2.24) is 19.9 Å². The fourth-order valence-corrected chi connectivity index (χ4v) is 7.67. The lowest BCUT2D eigenvalue weighted by Crippen LogP contribution is -2.16. The van der Waals surface area contributed by atoms with Crippen LogP contribution in [0.5, 0.6) is 11.5 Å². The van der Waals surface area contributed by atoms with Crippen molar-refractivity contribution in [3.05, 3.63) is 156 Å². The summed E-state index contributed by atoms with van der Waals surface area (Å²) in [5.41, 5.74) is 15.6. The average Bonchev–Trinajstić information content (AvgIpc) is 4.09. The molecule has 0 spiro atoms. The lowest BCUT2D eigenvalue weighted by atomic mass is 9.98. The number of fused-ring (bicyclic) bond motifs is 8. The molecule has 298 valence electrons. The number of nitrogens with zero attached hydrogens (tertiary/aromatic N) is 2. The Balaban J connectivity index is 1.34. The molecule has 0 aliphatic carbocycles. The van der Waals surface area contributed by atoms with Crippen LogP contribution in [0.15, 0.2) is 133 Å². The van der Waals surface area contributed by atoms with Crippen LogP contribution in [-0.4, -0.2) is 33.1 Å². The first kappa shape index (κ1) is 38.6. The molecule has 4 aromatic carbocycles. The first-order valence-corrected chi connectivity index (χ1v) is 20.7. The van der Waals surface area contributed by atoms with Crippen LogP contribution >= 0.6 is 0 Å². The Hall–Kier alpha value is -6.92. The van der Waals surface area contributed by atoms with E-state index >= 15 is 0 Å². The van der Waals surface area contributed by atoms with E-state index in [-0.39, 0.29) is 10.8 Å². The topological polar surface area (TPSA) is 75.8 Å². The number of ether oxygens (including phenoxy) is 2. The number of hydrogen-bond acceptors (Lipinski definition) is 4. The number of benzene rings is 4. The molecule has 0 amide bonds. The lowest BCUT2D eigenvalue weighted by Gasteiger charge is -2.19. The van der Waals surface area contributed by atoms with Crippen LogP contribution in [0, 0.1) is 10.8 Å². The van der Waals surface area contributed by atoms with E-state index in [4.69, 9.17) is 19.4 Å². The number of aromatic amines is 2. The third kappa shape index (κ3) is 8.19. The minimum atomic E-state index is 0.0518. The van der Waals surface area contributed by atoms with Gasteiger partial charge in [-0.2, -0.15) is 0 Å². The summed E-state index contributed by atoms with van der Waals surface area (Å²) in [7, 11) is 0. The van der Waals surface area contributed by atoms with Crippen molar-refractivity contribution >= 4 is 46.4 Å². The van der Waals surface area contributed by atoms with Crippen LogP contribution < -0.4 is 9.47 Å². The van der Waals surface area contributed by atoms with Gasteiger partial charge in [0.05, 0.1) is 36.0 Å². The van der Waals surface area contributed by atoms with Crippen molar-refractivity contribution in [2.45, 2.75) is 41.5 Å². The zero-order chi connectivity index (χ0) is 41.4. The van der Waals surface area contributed by atoms with Gasteiger partial charge >= 0.3 is 0 Å². The standard InChI is InChI=1S/C54H50N4O2/c1-53(2,3)33-59-39-21-17-37(18-22-39)51-45-29-25-41(55-45)49(35-13-9-7-10-14-35)43-27-31-47(57-43)52(38-19-23-40(24-20-38)60-34-54(4,5)6)48-32-28-44(58-48)50(36-15-11-8-12-16-36)42-26-30-46(51)56-42/h7-32,55,58H,33-34H2,1-6H3. The second-order valence-corrected chi connectivity index (χ2v) is 18.0. The molecule has 3 aromatic heterocycles. The zero-order valence-corrected chi connectivity index (χ0v) is 35.1. The van der Waals surface area contributed by atoms with Crippen molar-refractivity contribution in [1.29, 1.82) is 0 Å². The molecule has 9 rings (SSSR count). The fourth-order valence-electron chi connectivity index (χ4n) is 7.67. The molecule has 7 aromatic rings. The minimum absolute atomic E-state index is 0.0518. The van der Waals surface area contributed by atoms with E-state index in [1.165, 1.54) is 0 Å². The molecule has 0 radical (unpaired) electrons. The third-order valence-corrected chi connectivity index (χ3v) is 10.5. The van der Waals surface area contributed by atoms with E-state index in [1.807, 2.05) is 12.1 Å². The number of nitrogens with one attached hydrogen (secondary N) is 2. The summed E-state index contributed by atoms with van der Waals surface area (Å²) in [6, 6.07) is 46.4. The second kappa shape index (κ2) is 15.7. The summed E-state index contributed by atoms with van der Waals surface area (Å²) in [5, 5.41) is 0. The smallest absolute Gasteiger partial charge is 0.119 e. The van der Waals surface area contributed by atoms with Crippen LogP contribution in [-0.2, 0) is 0 Å². The normalized spacial score (nSPS) is 12.5. The van der Waals surface area contributed by atoms with E-state index in [0.29, 0.717) is 13.2 Å². The van der Waals surface area contributed by atoms with Gasteiger partial charge in [-0.3, -0.25) is 0 Å². The first-order chi connectivity index (χ1) is 29.0. The van der Waals surface area contributed by atoms with Gasteiger partial charge in [-0.1, -0.05) is 126 Å². The van der Waals surface area contributed by atoms with E-state index in [1.54, 1.807) is 0 Å². The maximum atomic E-state index is 6.19. The summed E-state index contributed by atoms with van der Waals surface area (Å²) in [6.07, 6.45) is 8.53. The van der Waals surface area contributed by atoms with Crippen LogP contribution in [0.3, 0.4) is 0 Å². The van der Waals surface area contributed by atoms with Crippen molar-refractivity contribution in [2.75, 3.05) is 13.2 Å². The summed E-state index contributed by atoms with van der Waals surface area (Å²) in [4.78, 5) is 18.6. The van der Waals surface area contributed by atoms with Gasteiger partial charge in [-0.15, -0.1) is 0 Å². The highest BCUT2D eigenvalue weighted by Crippen LogP contribution is 2.39. The number of H-pyrrole nitrogens is 2. The van der Waals surface area contributed by atoms with Crippen molar-refractivity contribution in [3.63, 3.8) is 0 Å². The third-order valence-electron chi connectivity index (χ3n) is 10.5. The minimum Gasteiger partial charge on any atom is -0.493 e. The highest BCUT2D eigenvalue weighted by Gasteiger charge is 2.20. The Kier molecular flexibility index (Phi) is 10.1. The van der Waals surface area contributed by atoms with Gasteiger partial charge in [-0.25, -0.2) is 9.97 Å². The first-order valence-electron chi connectivity index (χ1n) is 20.7. The Bertz CT molecular complexity index is 2700. The van der Waals surface area contributed by atoms with Gasteiger partial charge in [0.1, 0.15) is 11.5 Å². The molecular weight excluding hydrogens is 737 g/mol. The van der Waals surface area contributed by atoms with Gasteiger partial charge in [0.2, 0.25) is 0 Å². The largest absolute Gasteiger partial charge is 0.493 e. The SMILES string of the molecule is CC(C)(C)COc1ccc(-c2c3nc(c(-c4ccccc4)c4ccc([nH]4)c(-c4ccc(OCC(C)(C)C)cc4)c4nc(c(-c5ccccc5)c5ccc2[nH]5)C=C4)C=C3)cc1.